The standard InChI is InChI=1S/C19H24N2O5/c1-6-19(5)17(24)21(18(25)20-19)9-16(23)26-10-15(22)14-8-12(3)11(2)7-13(14)4/h7-8H,6,9-10H2,1-5H3,(H,20,25). The summed E-state index contributed by atoms with van der Waals surface area (Å²) in [6, 6.07) is 3.04. The van der Waals surface area contributed by atoms with Gasteiger partial charge in [-0.3, -0.25) is 19.3 Å². The van der Waals surface area contributed by atoms with Crippen LogP contribution in [0.2, 0.25) is 0 Å². The molecule has 1 fully saturated rings. The van der Waals surface area contributed by atoms with Crippen molar-refractivity contribution >= 4 is 23.7 Å². The van der Waals surface area contributed by atoms with Crippen LogP contribution < -0.4 is 5.32 Å². The number of urea groups is 1. The minimum atomic E-state index is -1.01. The van der Waals surface area contributed by atoms with Crippen LogP contribution in [0.4, 0.5) is 4.79 Å². The van der Waals surface area contributed by atoms with Gasteiger partial charge in [-0.2, -0.15) is 0 Å². The van der Waals surface area contributed by atoms with Crippen LogP contribution in [0.1, 0.15) is 47.3 Å². The Hall–Kier alpha value is -2.70. The number of hydrogen-bond acceptors (Lipinski definition) is 5. The first-order valence-corrected chi connectivity index (χ1v) is 8.50. The lowest BCUT2D eigenvalue weighted by Crippen LogP contribution is -2.43. The van der Waals surface area contributed by atoms with Gasteiger partial charge in [-0.1, -0.05) is 13.0 Å². The number of esters is 1. The molecule has 26 heavy (non-hydrogen) atoms. The summed E-state index contributed by atoms with van der Waals surface area (Å²) in [6.45, 7) is 8.10. The Morgan fingerprint density at radius 3 is 2.31 bits per heavy atom. The molecule has 2 rings (SSSR count). The fraction of sp³-hybridized carbons (Fsp3) is 0.474. The molecular weight excluding hydrogens is 336 g/mol. The summed E-state index contributed by atoms with van der Waals surface area (Å²) in [7, 11) is 0. The average molecular weight is 360 g/mol. The van der Waals surface area contributed by atoms with E-state index in [4.69, 9.17) is 4.74 Å². The lowest BCUT2D eigenvalue weighted by atomic mass is 9.98. The first-order valence-electron chi connectivity index (χ1n) is 8.50. The zero-order chi connectivity index (χ0) is 19.6. The Kier molecular flexibility index (Phi) is 5.49. The van der Waals surface area contributed by atoms with Crippen LogP contribution in [0.5, 0.6) is 0 Å². The second kappa shape index (κ2) is 7.27. The zero-order valence-electron chi connectivity index (χ0n) is 15.8. The van der Waals surface area contributed by atoms with Crippen LogP contribution in [0.3, 0.4) is 0 Å². The summed E-state index contributed by atoms with van der Waals surface area (Å²) in [4.78, 5) is 49.2. The monoisotopic (exact) mass is 360 g/mol. The maximum Gasteiger partial charge on any atom is 0.326 e. The zero-order valence-corrected chi connectivity index (χ0v) is 15.8. The third-order valence-electron chi connectivity index (χ3n) is 4.84. The van der Waals surface area contributed by atoms with E-state index in [1.807, 2.05) is 26.8 Å². The van der Waals surface area contributed by atoms with Gasteiger partial charge >= 0.3 is 12.0 Å². The number of ether oxygens (including phenoxy) is 1. The Morgan fingerprint density at radius 1 is 1.12 bits per heavy atom. The molecule has 1 unspecified atom stereocenters. The molecule has 1 aliphatic rings. The molecule has 3 amide bonds. The number of benzene rings is 1. The lowest BCUT2D eigenvalue weighted by Gasteiger charge is -2.18. The van der Waals surface area contributed by atoms with Gasteiger partial charge in [-0.15, -0.1) is 0 Å². The fourth-order valence-corrected chi connectivity index (χ4v) is 2.79. The van der Waals surface area contributed by atoms with Gasteiger partial charge < -0.3 is 10.1 Å². The van der Waals surface area contributed by atoms with Crippen LogP contribution >= 0.6 is 0 Å². The largest absolute Gasteiger partial charge is 0.456 e. The number of amides is 3. The van der Waals surface area contributed by atoms with Crippen LogP contribution in [0.15, 0.2) is 12.1 Å². The number of imide groups is 1. The Morgan fingerprint density at radius 2 is 1.73 bits per heavy atom. The molecule has 1 heterocycles. The Balaban J connectivity index is 1.97. The minimum absolute atomic E-state index is 0.324. The summed E-state index contributed by atoms with van der Waals surface area (Å²) in [5, 5.41) is 2.56. The molecule has 1 aliphatic heterocycles. The van der Waals surface area contributed by atoms with Crippen LogP contribution in [0.25, 0.3) is 0 Å². The molecule has 0 aliphatic carbocycles. The van der Waals surface area contributed by atoms with Gasteiger partial charge in [0.1, 0.15) is 12.1 Å². The maximum absolute atomic E-state index is 12.3. The highest BCUT2D eigenvalue weighted by molar-refractivity contribution is 6.08. The van der Waals surface area contributed by atoms with Crippen molar-refractivity contribution in [3.8, 4) is 0 Å². The lowest BCUT2D eigenvalue weighted by molar-refractivity contribution is -0.146. The van der Waals surface area contributed by atoms with E-state index in [2.05, 4.69) is 5.32 Å². The number of hydrogen-bond donors (Lipinski definition) is 1. The maximum atomic E-state index is 12.3. The van der Waals surface area contributed by atoms with Crippen molar-refractivity contribution in [1.82, 2.24) is 10.2 Å². The molecular formula is C19H24N2O5. The summed E-state index contributed by atoms with van der Waals surface area (Å²) >= 11 is 0. The number of ketones is 1. The van der Waals surface area contributed by atoms with Crippen LogP contribution in [-0.2, 0) is 14.3 Å². The van der Waals surface area contributed by atoms with E-state index >= 15 is 0 Å². The smallest absolute Gasteiger partial charge is 0.326 e. The molecule has 1 atom stereocenters. The molecule has 1 aromatic carbocycles. The van der Waals surface area contributed by atoms with Gasteiger partial charge in [-0.05, 0) is 56.9 Å². The number of rotatable bonds is 6. The van der Waals surface area contributed by atoms with Crippen molar-refractivity contribution in [2.75, 3.05) is 13.2 Å². The third-order valence-corrected chi connectivity index (χ3v) is 4.84. The van der Waals surface area contributed by atoms with Crippen molar-refractivity contribution in [3.63, 3.8) is 0 Å². The summed E-state index contributed by atoms with van der Waals surface area (Å²) in [6.07, 6.45) is 0.410. The first-order chi connectivity index (χ1) is 12.1. The summed E-state index contributed by atoms with van der Waals surface area (Å²) in [5.74, 6) is -1.60. The molecule has 0 spiro atoms. The number of nitrogens with one attached hydrogen (secondary N) is 1. The predicted octanol–water partition coefficient (Wildman–Crippen LogP) is 2.06. The third kappa shape index (κ3) is 3.76. The predicted molar refractivity (Wildman–Crippen MR) is 94.9 cm³/mol. The van der Waals surface area contributed by atoms with Gasteiger partial charge in [-0.25, -0.2) is 4.79 Å². The number of nitrogens with zero attached hydrogens (tertiary/aromatic N) is 1. The number of aryl methyl sites for hydroxylation is 3. The fourth-order valence-electron chi connectivity index (χ4n) is 2.79. The quantitative estimate of drug-likeness (QED) is 0.476. The molecule has 0 aromatic heterocycles. The molecule has 0 bridgehead atoms. The molecule has 0 radical (unpaired) electrons. The van der Waals surface area contributed by atoms with E-state index in [0.717, 1.165) is 21.6 Å². The number of Topliss-reactive ketones (excluding diaryl/α,β-unsaturated/α-hetero) is 1. The van der Waals surface area contributed by atoms with Gasteiger partial charge in [0.25, 0.3) is 5.91 Å². The van der Waals surface area contributed by atoms with Crippen molar-refractivity contribution in [2.45, 2.75) is 46.6 Å². The van der Waals surface area contributed by atoms with Crippen molar-refractivity contribution in [1.29, 1.82) is 0 Å². The molecule has 140 valence electrons. The van der Waals surface area contributed by atoms with Gasteiger partial charge in [0, 0.05) is 5.56 Å². The number of carbonyl (C=O) groups is 4. The summed E-state index contributed by atoms with van der Waals surface area (Å²) < 4.78 is 4.98. The molecule has 1 saturated heterocycles. The second-order valence-electron chi connectivity index (χ2n) is 6.84. The van der Waals surface area contributed by atoms with E-state index in [-0.39, 0.29) is 5.78 Å². The van der Waals surface area contributed by atoms with E-state index < -0.39 is 36.6 Å². The normalized spacial score (nSPS) is 19.5. The van der Waals surface area contributed by atoms with E-state index in [9.17, 15) is 19.2 Å². The molecule has 7 nitrogen and oxygen atoms in total. The van der Waals surface area contributed by atoms with E-state index in [0.29, 0.717) is 12.0 Å². The molecule has 7 heteroatoms. The second-order valence-corrected chi connectivity index (χ2v) is 6.84. The SMILES string of the molecule is CCC1(C)NC(=O)N(CC(=O)OCC(=O)c2cc(C)c(C)cc2C)C1=O. The van der Waals surface area contributed by atoms with E-state index in [1.54, 1.807) is 19.9 Å². The van der Waals surface area contributed by atoms with Gasteiger partial charge in [0.15, 0.2) is 6.61 Å². The minimum Gasteiger partial charge on any atom is -0.456 e. The van der Waals surface area contributed by atoms with Crippen molar-refractivity contribution in [2.24, 2.45) is 0 Å². The van der Waals surface area contributed by atoms with Crippen molar-refractivity contribution in [3.05, 3.63) is 34.4 Å². The topological polar surface area (TPSA) is 92.8 Å². The first kappa shape index (κ1) is 19.6. The van der Waals surface area contributed by atoms with Gasteiger partial charge in [0.2, 0.25) is 5.78 Å². The Labute approximate surface area is 152 Å². The van der Waals surface area contributed by atoms with Crippen LogP contribution in [-0.4, -0.2) is 47.3 Å². The highest BCUT2D eigenvalue weighted by Gasteiger charge is 2.47. The highest BCUT2D eigenvalue weighted by atomic mass is 16.5. The summed E-state index contributed by atoms with van der Waals surface area (Å²) in [5.41, 5.74) is 2.34. The van der Waals surface area contributed by atoms with E-state index in [1.165, 1.54) is 0 Å². The number of carbonyl (C=O) groups excluding carboxylic acids is 4. The van der Waals surface area contributed by atoms with Crippen molar-refractivity contribution < 1.29 is 23.9 Å². The molecule has 1 N–H and O–H groups in total. The average Bonchev–Trinajstić information content (AvgIpc) is 2.79. The Bertz CT molecular complexity index is 786. The van der Waals surface area contributed by atoms with Gasteiger partial charge in [0.05, 0.1) is 0 Å². The van der Waals surface area contributed by atoms with Crippen LogP contribution in [0, 0.1) is 20.8 Å². The highest BCUT2D eigenvalue weighted by Crippen LogP contribution is 2.20. The molecule has 0 saturated carbocycles. The molecule has 1 aromatic rings.